The Bertz CT molecular complexity index is 1280. The van der Waals surface area contributed by atoms with Gasteiger partial charge in [0.1, 0.15) is 6.54 Å². The highest BCUT2D eigenvalue weighted by Crippen LogP contribution is 2.60. The molecule has 4 aliphatic rings. The molecule has 7 rings (SSSR count). The normalized spacial score (nSPS) is 24.1. The highest BCUT2D eigenvalue weighted by atomic mass is 19.4. The minimum atomic E-state index is -4.55. The smallest absolute Gasteiger partial charge is 0.325 e. The van der Waals surface area contributed by atoms with Crippen LogP contribution in [0.4, 0.5) is 18.9 Å². The highest BCUT2D eigenvalue weighted by Gasteiger charge is 2.61. The molecule has 0 unspecified atom stereocenters. The van der Waals surface area contributed by atoms with Gasteiger partial charge >= 0.3 is 6.18 Å². The Hall–Kier alpha value is -3.94. The van der Waals surface area contributed by atoms with Gasteiger partial charge in [0, 0.05) is 17.5 Å². The molecule has 0 aromatic heterocycles. The van der Waals surface area contributed by atoms with E-state index in [1.54, 1.807) is 0 Å². The first kappa shape index (κ1) is 21.6. The quantitative estimate of drug-likeness (QED) is 0.565. The molecule has 1 N–H and O–H groups in total. The lowest BCUT2D eigenvalue weighted by Crippen LogP contribution is -2.41. The SMILES string of the molecule is O=C(CN1C(=O)[C@H]2C3c4ccccc4C(c4ccccc43)[C@@H]2C1=O)Nc1cccc(C(F)(F)F)c1. The number of nitrogens with one attached hydrogen (secondary N) is 1. The molecule has 2 atom stereocenters. The van der Waals surface area contributed by atoms with Gasteiger partial charge < -0.3 is 5.32 Å². The first-order valence-corrected chi connectivity index (χ1v) is 11.3. The largest absolute Gasteiger partial charge is 0.416 e. The molecule has 1 heterocycles. The number of hydrogen-bond donors (Lipinski definition) is 1. The number of carbonyl (C=O) groups excluding carboxylic acids is 3. The summed E-state index contributed by atoms with van der Waals surface area (Å²) in [6.07, 6.45) is -4.55. The van der Waals surface area contributed by atoms with Gasteiger partial charge in [-0.05, 0) is 40.5 Å². The van der Waals surface area contributed by atoms with E-state index in [2.05, 4.69) is 5.32 Å². The Morgan fingerprint density at radius 1 is 0.771 bits per heavy atom. The van der Waals surface area contributed by atoms with Crippen LogP contribution in [0.5, 0.6) is 0 Å². The summed E-state index contributed by atoms with van der Waals surface area (Å²) in [5, 5.41) is 2.39. The van der Waals surface area contributed by atoms with Gasteiger partial charge in [0.05, 0.1) is 17.4 Å². The van der Waals surface area contributed by atoms with Gasteiger partial charge in [-0.1, -0.05) is 54.6 Å². The van der Waals surface area contributed by atoms with Crippen LogP contribution in [0.3, 0.4) is 0 Å². The number of alkyl halides is 3. The van der Waals surface area contributed by atoms with Crippen molar-refractivity contribution in [2.24, 2.45) is 11.8 Å². The van der Waals surface area contributed by atoms with E-state index in [0.717, 1.165) is 39.3 Å². The van der Waals surface area contributed by atoms with Crippen molar-refractivity contribution in [2.75, 3.05) is 11.9 Å². The topological polar surface area (TPSA) is 66.5 Å². The number of halogens is 3. The van der Waals surface area contributed by atoms with Crippen LogP contribution in [0.1, 0.15) is 39.7 Å². The van der Waals surface area contributed by atoms with E-state index in [4.69, 9.17) is 0 Å². The first-order valence-electron chi connectivity index (χ1n) is 11.3. The monoisotopic (exact) mass is 476 g/mol. The van der Waals surface area contributed by atoms with Crippen LogP contribution >= 0.6 is 0 Å². The Kier molecular flexibility index (Phi) is 4.64. The molecule has 35 heavy (non-hydrogen) atoms. The van der Waals surface area contributed by atoms with E-state index in [1.807, 2.05) is 48.5 Å². The average molecular weight is 476 g/mol. The van der Waals surface area contributed by atoms with Gasteiger partial charge in [-0.2, -0.15) is 13.2 Å². The van der Waals surface area contributed by atoms with Crippen LogP contribution < -0.4 is 5.32 Å². The summed E-state index contributed by atoms with van der Waals surface area (Å²) in [7, 11) is 0. The molecule has 3 aliphatic carbocycles. The second kappa shape index (κ2) is 7.53. The molecule has 3 amide bonds. The lowest BCUT2D eigenvalue weighted by Gasteiger charge is -2.45. The molecule has 3 aromatic carbocycles. The Labute approximate surface area is 198 Å². The average Bonchev–Trinajstić information content (AvgIpc) is 3.09. The standard InChI is InChI=1S/C27H19F3N2O3/c28-27(29,30)14-6-5-7-15(12-14)31-20(33)13-32-25(34)23-21-16-8-1-2-9-17(16)22(24(23)26(32)35)19-11-4-3-10-18(19)21/h1-12,21-24H,13H2,(H,31,33)/t21?,22?,23-,24-/m0/s1. The maximum absolute atomic E-state index is 13.5. The van der Waals surface area contributed by atoms with Crippen LogP contribution in [0.25, 0.3) is 0 Å². The summed E-state index contributed by atoms with van der Waals surface area (Å²) < 4.78 is 39.0. The molecule has 8 heteroatoms. The highest BCUT2D eigenvalue weighted by molar-refractivity contribution is 6.10. The number of carbonyl (C=O) groups is 3. The van der Waals surface area contributed by atoms with Crippen LogP contribution in [-0.2, 0) is 20.6 Å². The fourth-order valence-electron chi connectivity index (χ4n) is 6.01. The molecule has 5 nitrogen and oxygen atoms in total. The second-order valence-electron chi connectivity index (χ2n) is 9.15. The van der Waals surface area contributed by atoms with Crippen molar-refractivity contribution in [1.82, 2.24) is 4.90 Å². The molecule has 176 valence electrons. The third kappa shape index (κ3) is 3.20. The predicted octanol–water partition coefficient (Wildman–Crippen LogP) is 4.54. The zero-order valence-electron chi connectivity index (χ0n) is 18.3. The molecular formula is C27H19F3N2O3. The first-order chi connectivity index (χ1) is 16.8. The predicted molar refractivity (Wildman–Crippen MR) is 120 cm³/mol. The van der Waals surface area contributed by atoms with Crippen molar-refractivity contribution in [3.63, 3.8) is 0 Å². The lowest BCUT2D eigenvalue weighted by molar-refractivity contribution is -0.142. The molecular weight excluding hydrogens is 457 g/mol. The van der Waals surface area contributed by atoms with E-state index < -0.39 is 47.8 Å². The molecule has 3 aromatic rings. The van der Waals surface area contributed by atoms with E-state index in [9.17, 15) is 27.6 Å². The minimum absolute atomic E-state index is 0.0544. The van der Waals surface area contributed by atoms with Gasteiger partial charge in [0.15, 0.2) is 0 Å². The number of imide groups is 1. The lowest BCUT2D eigenvalue weighted by atomic mass is 9.55. The number of nitrogens with zero attached hydrogens (tertiary/aromatic N) is 1. The summed E-state index contributed by atoms with van der Waals surface area (Å²) in [6, 6.07) is 19.8. The van der Waals surface area contributed by atoms with Crippen LogP contribution in [-0.4, -0.2) is 29.2 Å². The Balaban J connectivity index is 1.30. The zero-order chi connectivity index (χ0) is 24.5. The molecule has 2 bridgehead atoms. The van der Waals surface area contributed by atoms with Crippen molar-refractivity contribution < 1.29 is 27.6 Å². The van der Waals surface area contributed by atoms with Crippen LogP contribution in [0.15, 0.2) is 72.8 Å². The van der Waals surface area contributed by atoms with E-state index in [0.29, 0.717) is 0 Å². The summed E-state index contributed by atoms with van der Waals surface area (Å²) in [5.41, 5.74) is 3.13. The fourth-order valence-corrected chi connectivity index (χ4v) is 6.01. The van der Waals surface area contributed by atoms with Crippen molar-refractivity contribution in [3.05, 3.63) is 101 Å². The molecule has 1 aliphatic heterocycles. The second-order valence-corrected chi connectivity index (χ2v) is 9.15. The molecule has 0 radical (unpaired) electrons. The van der Waals surface area contributed by atoms with Gasteiger partial charge in [-0.25, -0.2) is 0 Å². The number of rotatable bonds is 3. The van der Waals surface area contributed by atoms with Gasteiger partial charge in [0.25, 0.3) is 0 Å². The summed E-state index contributed by atoms with van der Waals surface area (Å²) in [4.78, 5) is 40.7. The summed E-state index contributed by atoms with van der Waals surface area (Å²) in [6.45, 7) is -0.549. The fraction of sp³-hybridized carbons (Fsp3) is 0.222. The maximum atomic E-state index is 13.5. The van der Waals surface area contributed by atoms with Crippen molar-refractivity contribution >= 4 is 23.4 Å². The van der Waals surface area contributed by atoms with E-state index in [1.165, 1.54) is 12.1 Å². The zero-order valence-corrected chi connectivity index (χ0v) is 18.3. The van der Waals surface area contributed by atoms with Crippen molar-refractivity contribution in [3.8, 4) is 0 Å². The molecule has 0 spiro atoms. The van der Waals surface area contributed by atoms with Crippen LogP contribution in [0, 0.1) is 11.8 Å². The third-order valence-electron chi connectivity index (χ3n) is 7.32. The number of hydrogen-bond acceptors (Lipinski definition) is 3. The van der Waals surface area contributed by atoms with Gasteiger partial charge in [-0.3, -0.25) is 19.3 Å². The Morgan fingerprint density at radius 3 is 1.71 bits per heavy atom. The number of anilines is 1. The number of benzene rings is 3. The number of likely N-dealkylation sites (tertiary alicyclic amines) is 1. The van der Waals surface area contributed by atoms with Crippen molar-refractivity contribution in [1.29, 1.82) is 0 Å². The molecule has 1 fully saturated rings. The van der Waals surface area contributed by atoms with E-state index in [-0.39, 0.29) is 17.5 Å². The molecule has 1 saturated heterocycles. The molecule has 0 saturated carbocycles. The third-order valence-corrected chi connectivity index (χ3v) is 7.32. The maximum Gasteiger partial charge on any atom is 0.416 e. The Morgan fingerprint density at radius 2 is 1.26 bits per heavy atom. The summed E-state index contributed by atoms with van der Waals surface area (Å²) in [5.74, 6) is -3.36. The van der Waals surface area contributed by atoms with Gasteiger partial charge in [-0.15, -0.1) is 0 Å². The summed E-state index contributed by atoms with van der Waals surface area (Å²) >= 11 is 0. The van der Waals surface area contributed by atoms with Crippen LogP contribution in [0.2, 0.25) is 0 Å². The number of amides is 3. The van der Waals surface area contributed by atoms with Crippen molar-refractivity contribution in [2.45, 2.75) is 18.0 Å². The van der Waals surface area contributed by atoms with Gasteiger partial charge in [0.2, 0.25) is 17.7 Å². The van der Waals surface area contributed by atoms with E-state index >= 15 is 0 Å². The minimum Gasteiger partial charge on any atom is -0.325 e.